The lowest BCUT2D eigenvalue weighted by Gasteiger charge is -2.12. The molecule has 17 heavy (non-hydrogen) atoms. The highest BCUT2D eigenvalue weighted by Crippen LogP contribution is 2.31. The van der Waals surface area contributed by atoms with Crippen molar-refractivity contribution >= 4 is 28.5 Å². The second kappa shape index (κ2) is 5.35. The van der Waals surface area contributed by atoms with Crippen molar-refractivity contribution in [3.05, 3.63) is 32.9 Å². The van der Waals surface area contributed by atoms with Crippen molar-refractivity contribution in [2.45, 2.75) is 25.8 Å². The molecule has 0 spiro atoms. The number of nitrogens with one attached hydrogen (secondary N) is 1. The van der Waals surface area contributed by atoms with Crippen LogP contribution in [0.15, 0.2) is 18.2 Å². The van der Waals surface area contributed by atoms with Gasteiger partial charge in [0.05, 0.1) is 0 Å². The minimum Gasteiger partial charge on any atom is -0.350 e. The first kappa shape index (κ1) is 12.8. The molecule has 3 nitrogen and oxygen atoms in total. The molecule has 1 aliphatic carbocycles. The molecule has 92 valence electrons. The highest BCUT2D eigenvalue weighted by atomic mass is 127. The third-order valence-electron chi connectivity index (χ3n) is 3.16. The van der Waals surface area contributed by atoms with Gasteiger partial charge in [-0.05, 0) is 66.0 Å². The maximum absolute atomic E-state index is 11.9. The molecule has 0 heterocycles. The smallest absolute Gasteiger partial charge is 0.251 e. The Kier molecular flexibility index (Phi) is 4.04. The molecule has 2 rings (SSSR count). The van der Waals surface area contributed by atoms with Gasteiger partial charge in [-0.2, -0.15) is 0 Å². The van der Waals surface area contributed by atoms with Crippen LogP contribution in [-0.4, -0.2) is 18.5 Å². The summed E-state index contributed by atoms with van der Waals surface area (Å²) in [5.41, 5.74) is 7.85. The van der Waals surface area contributed by atoms with E-state index < -0.39 is 0 Å². The Morgan fingerprint density at radius 1 is 1.59 bits per heavy atom. The van der Waals surface area contributed by atoms with Gasteiger partial charge in [0.15, 0.2) is 0 Å². The highest BCUT2D eigenvalue weighted by Gasteiger charge is 2.28. The van der Waals surface area contributed by atoms with Crippen LogP contribution in [-0.2, 0) is 0 Å². The molecule has 1 amide bonds. The summed E-state index contributed by atoms with van der Waals surface area (Å²) in [6.07, 6.45) is 2.42. The first-order chi connectivity index (χ1) is 8.08. The fourth-order valence-corrected chi connectivity index (χ4v) is 2.25. The van der Waals surface area contributed by atoms with Crippen molar-refractivity contribution < 1.29 is 4.79 Å². The SMILES string of the molecule is Cc1ccc(C(=O)NCC(N)C2CC2)cc1I. The van der Waals surface area contributed by atoms with E-state index in [0.29, 0.717) is 18.0 Å². The summed E-state index contributed by atoms with van der Waals surface area (Å²) in [6.45, 7) is 2.61. The quantitative estimate of drug-likeness (QED) is 0.822. The zero-order valence-electron chi connectivity index (χ0n) is 9.87. The van der Waals surface area contributed by atoms with Crippen LogP contribution < -0.4 is 11.1 Å². The number of aryl methyl sites for hydroxylation is 1. The summed E-state index contributed by atoms with van der Waals surface area (Å²) in [5.74, 6) is 0.590. The summed E-state index contributed by atoms with van der Waals surface area (Å²) in [7, 11) is 0. The number of hydrogen-bond donors (Lipinski definition) is 2. The Labute approximate surface area is 115 Å². The van der Waals surface area contributed by atoms with E-state index in [1.807, 2.05) is 25.1 Å². The lowest BCUT2D eigenvalue weighted by molar-refractivity contribution is 0.0950. The minimum absolute atomic E-state index is 0.0287. The van der Waals surface area contributed by atoms with Gasteiger partial charge >= 0.3 is 0 Å². The summed E-state index contributed by atoms with van der Waals surface area (Å²) in [6, 6.07) is 5.85. The molecule has 1 aromatic carbocycles. The molecule has 4 heteroatoms. The van der Waals surface area contributed by atoms with E-state index in [4.69, 9.17) is 5.73 Å². The van der Waals surface area contributed by atoms with Crippen molar-refractivity contribution in [3.8, 4) is 0 Å². The van der Waals surface area contributed by atoms with Crippen molar-refractivity contribution in [1.82, 2.24) is 5.32 Å². The Balaban J connectivity index is 1.92. The van der Waals surface area contributed by atoms with Gasteiger partial charge in [-0.1, -0.05) is 6.07 Å². The van der Waals surface area contributed by atoms with Crippen LogP contribution >= 0.6 is 22.6 Å². The van der Waals surface area contributed by atoms with E-state index in [2.05, 4.69) is 27.9 Å². The van der Waals surface area contributed by atoms with Gasteiger partial charge in [0.1, 0.15) is 0 Å². The Morgan fingerprint density at radius 2 is 2.29 bits per heavy atom. The molecular weight excluding hydrogens is 327 g/mol. The number of hydrogen-bond acceptors (Lipinski definition) is 2. The van der Waals surface area contributed by atoms with E-state index in [9.17, 15) is 4.79 Å². The first-order valence-corrected chi connectivity index (χ1v) is 6.95. The molecule has 1 saturated carbocycles. The van der Waals surface area contributed by atoms with Crippen LogP contribution in [0.5, 0.6) is 0 Å². The van der Waals surface area contributed by atoms with Gasteiger partial charge in [0.2, 0.25) is 0 Å². The lowest BCUT2D eigenvalue weighted by Crippen LogP contribution is -2.38. The lowest BCUT2D eigenvalue weighted by atomic mass is 10.1. The van der Waals surface area contributed by atoms with Gasteiger partial charge in [0.25, 0.3) is 5.91 Å². The number of benzene rings is 1. The van der Waals surface area contributed by atoms with E-state index in [-0.39, 0.29) is 11.9 Å². The third kappa shape index (κ3) is 3.42. The second-order valence-corrected chi connectivity index (χ2v) is 5.84. The van der Waals surface area contributed by atoms with Gasteiger partial charge in [0, 0.05) is 21.7 Å². The molecule has 0 aromatic heterocycles. The zero-order chi connectivity index (χ0) is 12.4. The number of carbonyl (C=O) groups excluding carboxylic acids is 1. The summed E-state index contributed by atoms with van der Waals surface area (Å²) in [5, 5.41) is 2.90. The second-order valence-electron chi connectivity index (χ2n) is 4.68. The number of nitrogens with two attached hydrogens (primary N) is 1. The Morgan fingerprint density at radius 3 is 2.88 bits per heavy atom. The topological polar surface area (TPSA) is 55.1 Å². The standard InChI is InChI=1S/C13H17IN2O/c1-8-2-3-10(6-11(8)14)13(17)16-7-12(15)9-4-5-9/h2-3,6,9,12H,4-5,7,15H2,1H3,(H,16,17). The molecule has 3 N–H and O–H groups in total. The highest BCUT2D eigenvalue weighted by molar-refractivity contribution is 14.1. The van der Waals surface area contributed by atoms with Gasteiger partial charge in [-0.15, -0.1) is 0 Å². The fraction of sp³-hybridized carbons (Fsp3) is 0.462. The predicted molar refractivity (Wildman–Crippen MR) is 76.9 cm³/mol. The first-order valence-electron chi connectivity index (χ1n) is 5.88. The molecule has 0 saturated heterocycles. The van der Waals surface area contributed by atoms with Crippen LogP contribution in [0.4, 0.5) is 0 Å². The number of amides is 1. The Bertz CT molecular complexity index is 429. The van der Waals surface area contributed by atoms with Gasteiger partial charge in [-0.3, -0.25) is 4.79 Å². The van der Waals surface area contributed by atoms with Crippen LogP contribution in [0, 0.1) is 16.4 Å². The number of halogens is 1. The maximum atomic E-state index is 11.9. The summed E-state index contributed by atoms with van der Waals surface area (Å²) < 4.78 is 1.11. The molecular formula is C13H17IN2O. The average molecular weight is 344 g/mol. The molecule has 1 aromatic rings. The van der Waals surface area contributed by atoms with Crippen molar-refractivity contribution in [2.75, 3.05) is 6.54 Å². The number of rotatable bonds is 4. The molecule has 0 bridgehead atoms. The van der Waals surface area contributed by atoms with Crippen molar-refractivity contribution in [3.63, 3.8) is 0 Å². The molecule has 1 unspecified atom stereocenters. The molecule has 1 aliphatic rings. The molecule has 0 aliphatic heterocycles. The van der Waals surface area contributed by atoms with Crippen LogP contribution in [0.1, 0.15) is 28.8 Å². The van der Waals surface area contributed by atoms with Crippen molar-refractivity contribution in [1.29, 1.82) is 0 Å². The van der Waals surface area contributed by atoms with Crippen LogP contribution in [0.3, 0.4) is 0 Å². The van der Waals surface area contributed by atoms with E-state index >= 15 is 0 Å². The molecule has 1 atom stereocenters. The van der Waals surface area contributed by atoms with Gasteiger partial charge < -0.3 is 11.1 Å². The Hall–Kier alpha value is -0.620. The molecule has 1 fully saturated rings. The third-order valence-corrected chi connectivity index (χ3v) is 4.32. The predicted octanol–water partition coefficient (Wildman–Crippen LogP) is 2.07. The van der Waals surface area contributed by atoms with Gasteiger partial charge in [-0.25, -0.2) is 0 Å². The number of carbonyl (C=O) groups is 1. The molecule has 0 radical (unpaired) electrons. The largest absolute Gasteiger partial charge is 0.350 e. The average Bonchev–Trinajstić information content (AvgIpc) is 3.13. The van der Waals surface area contributed by atoms with E-state index in [1.54, 1.807) is 0 Å². The summed E-state index contributed by atoms with van der Waals surface area (Å²) >= 11 is 2.24. The van der Waals surface area contributed by atoms with E-state index in [1.165, 1.54) is 18.4 Å². The van der Waals surface area contributed by atoms with E-state index in [0.717, 1.165) is 3.57 Å². The van der Waals surface area contributed by atoms with Crippen molar-refractivity contribution in [2.24, 2.45) is 11.7 Å². The monoisotopic (exact) mass is 344 g/mol. The zero-order valence-corrected chi connectivity index (χ0v) is 12.0. The fourth-order valence-electron chi connectivity index (χ4n) is 1.74. The van der Waals surface area contributed by atoms with Crippen LogP contribution in [0.2, 0.25) is 0 Å². The minimum atomic E-state index is -0.0287. The van der Waals surface area contributed by atoms with Crippen LogP contribution in [0.25, 0.3) is 0 Å². The summed E-state index contributed by atoms with van der Waals surface area (Å²) in [4.78, 5) is 11.9. The maximum Gasteiger partial charge on any atom is 0.251 e. The normalized spacial score (nSPS) is 16.6.